The van der Waals surface area contributed by atoms with Crippen LogP contribution in [0.4, 0.5) is 11.4 Å². The van der Waals surface area contributed by atoms with E-state index in [2.05, 4.69) is 6.58 Å². The number of carboxylic acids is 1. The molecule has 0 saturated heterocycles. The second-order valence-corrected chi connectivity index (χ2v) is 4.94. The number of rotatable bonds is 2. The second-order valence-electron chi connectivity index (χ2n) is 4.94. The van der Waals surface area contributed by atoms with Gasteiger partial charge in [-0.15, -0.1) is 0 Å². The van der Waals surface area contributed by atoms with Crippen molar-refractivity contribution in [1.82, 2.24) is 0 Å². The fraction of sp³-hybridized carbons (Fsp3) is 0.0588. The molecule has 0 spiro atoms. The number of carbonyl (C=O) groups excluding carboxylic acids is 1. The summed E-state index contributed by atoms with van der Waals surface area (Å²) in [5.74, 6) is -1.23. The fourth-order valence-electron chi connectivity index (χ4n) is 2.55. The Kier molecular flexibility index (Phi) is 2.87. The Morgan fingerprint density at radius 2 is 1.86 bits per heavy atom. The minimum Gasteiger partial charge on any atom is -0.478 e. The van der Waals surface area contributed by atoms with Crippen LogP contribution in [0.2, 0.25) is 0 Å². The minimum absolute atomic E-state index is 0.192. The predicted octanol–water partition coefficient (Wildman–Crippen LogP) is 3.38. The average Bonchev–Trinajstić information content (AvgIpc) is 2.71. The van der Waals surface area contributed by atoms with Crippen molar-refractivity contribution in [3.05, 3.63) is 65.7 Å². The van der Waals surface area contributed by atoms with Gasteiger partial charge >= 0.3 is 5.97 Å². The highest BCUT2D eigenvalue weighted by Gasteiger charge is 2.33. The van der Waals surface area contributed by atoms with E-state index in [1.165, 1.54) is 11.0 Å². The van der Waals surface area contributed by atoms with Crippen LogP contribution >= 0.6 is 0 Å². The summed E-state index contributed by atoms with van der Waals surface area (Å²) in [6, 6.07) is 12.4. The van der Waals surface area contributed by atoms with Gasteiger partial charge in [0.05, 0.1) is 11.3 Å². The molecule has 4 nitrogen and oxygen atoms in total. The van der Waals surface area contributed by atoms with Crippen molar-refractivity contribution in [2.24, 2.45) is 0 Å². The van der Waals surface area contributed by atoms with Crippen LogP contribution in [-0.2, 0) is 4.79 Å². The van der Waals surface area contributed by atoms with Gasteiger partial charge in [0.15, 0.2) is 0 Å². The molecule has 1 aliphatic rings. The Labute approximate surface area is 121 Å². The molecule has 0 fully saturated rings. The Morgan fingerprint density at radius 3 is 2.48 bits per heavy atom. The summed E-state index contributed by atoms with van der Waals surface area (Å²) >= 11 is 0. The third kappa shape index (κ3) is 1.92. The molecular weight excluding hydrogens is 266 g/mol. The molecule has 1 amide bonds. The van der Waals surface area contributed by atoms with E-state index in [4.69, 9.17) is 0 Å². The number of carboxylic acid groups (broad SMARTS) is 1. The van der Waals surface area contributed by atoms with Crippen LogP contribution in [0, 0.1) is 6.92 Å². The van der Waals surface area contributed by atoms with Crippen LogP contribution in [0.15, 0.2) is 49.0 Å². The first-order valence-corrected chi connectivity index (χ1v) is 6.47. The molecule has 1 heterocycles. The van der Waals surface area contributed by atoms with Gasteiger partial charge in [-0.2, -0.15) is 0 Å². The van der Waals surface area contributed by atoms with Gasteiger partial charge in [0.25, 0.3) is 5.91 Å². The molecule has 0 radical (unpaired) electrons. The summed E-state index contributed by atoms with van der Waals surface area (Å²) in [5, 5.41) is 9.26. The lowest BCUT2D eigenvalue weighted by molar-refractivity contribution is -0.112. The maximum absolute atomic E-state index is 12.4. The van der Waals surface area contributed by atoms with Crippen molar-refractivity contribution in [2.45, 2.75) is 6.92 Å². The Balaban J connectivity index is 2.24. The van der Waals surface area contributed by atoms with Crippen LogP contribution in [0.3, 0.4) is 0 Å². The molecule has 0 atom stereocenters. The van der Waals surface area contributed by atoms with Gasteiger partial charge < -0.3 is 5.11 Å². The van der Waals surface area contributed by atoms with Crippen LogP contribution in [-0.4, -0.2) is 17.0 Å². The van der Waals surface area contributed by atoms with Gasteiger partial charge in [-0.05, 0) is 36.8 Å². The van der Waals surface area contributed by atoms with Crippen LogP contribution in [0.25, 0.3) is 5.57 Å². The van der Waals surface area contributed by atoms with E-state index in [0.29, 0.717) is 28.1 Å². The van der Waals surface area contributed by atoms with Crippen molar-refractivity contribution < 1.29 is 14.7 Å². The second kappa shape index (κ2) is 4.59. The van der Waals surface area contributed by atoms with E-state index in [0.717, 1.165) is 0 Å². The zero-order valence-electron chi connectivity index (χ0n) is 11.5. The number of anilines is 2. The Morgan fingerprint density at radius 1 is 1.19 bits per heavy atom. The molecule has 4 heteroatoms. The number of nitrogens with zero attached hydrogens (tertiary/aromatic N) is 1. The first-order chi connectivity index (χ1) is 10.0. The van der Waals surface area contributed by atoms with Gasteiger partial charge in [0, 0.05) is 16.8 Å². The van der Waals surface area contributed by atoms with E-state index in [-0.39, 0.29) is 11.5 Å². The molecular formula is C17H13NO3. The number of hydrogen-bond acceptors (Lipinski definition) is 2. The summed E-state index contributed by atoms with van der Waals surface area (Å²) in [4.78, 5) is 25.2. The smallest absolute Gasteiger partial charge is 0.336 e. The van der Waals surface area contributed by atoms with Crippen LogP contribution in [0.1, 0.15) is 21.5 Å². The zero-order chi connectivity index (χ0) is 15.1. The molecule has 0 bridgehead atoms. The molecule has 3 rings (SSSR count). The van der Waals surface area contributed by atoms with Crippen molar-refractivity contribution in [3.8, 4) is 0 Å². The standard InChI is InChI=1S/C17H13NO3/c1-10-8-14-11(2)16(19)18(12-6-4-3-5-7-12)15(14)9-13(10)17(20)21/h3-9H,2H2,1H3,(H,20,21). The molecule has 1 aliphatic heterocycles. The number of amides is 1. The maximum Gasteiger partial charge on any atom is 0.336 e. The Hall–Kier alpha value is -2.88. The number of hydrogen-bond donors (Lipinski definition) is 1. The highest BCUT2D eigenvalue weighted by atomic mass is 16.4. The highest BCUT2D eigenvalue weighted by Crippen LogP contribution is 2.41. The lowest BCUT2D eigenvalue weighted by atomic mass is 10.0. The SMILES string of the molecule is C=C1C(=O)N(c2ccccc2)c2cc(C(=O)O)c(C)cc21. The van der Waals surface area contributed by atoms with E-state index < -0.39 is 5.97 Å². The molecule has 104 valence electrons. The summed E-state index contributed by atoms with van der Waals surface area (Å²) in [6.45, 7) is 5.54. The molecule has 0 saturated carbocycles. The molecule has 2 aromatic carbocycles. The molecule has 21 heavy (non-hydrogen) atoms. The highest BCUT2D eigenvalue weighted by molar-refractivity contribution is 6.34. The van der Waals surface area contributed by atoms with Crippen molar-refractivity contribution in [1.29, 1.82) is 0 Å². The van der Waals surface area contributed by atoms with Crippen molar-refractivity contribution in [3.63, 3.8) is 0 Å². The van der Waals surface area contributed by atoms with Gasteiger partial charge in [-0.25, -0.2) is 4.79 Å². The zero-order valence-corrected chi connectivity index (χ0v) is 11.5. The number of aryl methyl sites for hydroxylation is 1. The van der Waals surface area contributed by atoms with E-state index in [9.17, 15) is 14.7 Å². The topological polar surface area (TPSA) is 57.6 Å². The van der Waals surface area contributed by atoms with Gasteiger partial charge in [-0.1, -0.05) is 24.8 Å². The summed E-state index contributed by atoms with van der Waals surface area (Å²) < 4.78 is 0. The lowest BCUT2D eigenvalue weighted by Gasteiger charge is -2.17. The maximum atomic E-state index is 12.4. The number of carbonyl (C=O) groups is 2. The number of fused-ring (bicyclic) bond motifs is 1. The summed E-state index contributed by atoms with van der Waals surface area (Å²) in [7, 11) is 0. The third-order valence-electron chi connectivity index (χ3n) is 3.61. The molecule has 0 unspecified atom stereocenters. The average molecular weight is 279 g/mol. The predicted molar refractivity (Wildman–Crippen MR) is 80.8 cm³/mol. The van der Waals surface area contributed by atoms with Crippen LogP contribution < -0.4 is 4.90 Å². The molecule has 1 N–H and O–H groups in total. The number of aromatic carboxylic acids is 1. The van der Waals surface area contributed by atoms with E-state index in [1.807, 2.05) is 18.2 Å². The molecule has 0 aromatic heterocycles. The summed E-state index contributed by atoms with van der Waals surface area (Å²) in [6.07, 6.45) is 0. The van der Waals surface area contributed by atoms with Gasteiger partial charge in [0.2, 0.25) is 0 Å². The Bertz CT molecular complexity index is 778. The van der Waals surface area contributed by atoms with Crippen molar-refractivity contribution >= 4 is 28.8 Å². The monoisotopic (exact) mass is 279 g/mol. The minimum atomic E-state index is -1.01. The first kappa shape index (κ1) is 13.1. The molecule has 2 aromatic rings. The van der Waals surface area contributed by atoms with Crippen molar-refractivity contribution in [2.75, 3.05) is 4.90 Å². The fourth-order valence-corrected chi connectivity index (χ4v) is 2.55. The van der Waals surface area contributed by atoms with E-state index >= 15 is 0 Å². The first-order valence-electron chi connectivity index (χ1n) is 6.47. The lowest BCUT2D eigenvalue weighted by Crippen LogP contribution is -2.20. The van der Waals surface area contributed by atoms with Gasteiger partial charge in [-0.3, -0.25) is 9.69 Å². The third-order valence-corrected chi connectivity index (χ3v) is 3.61. The van der Waals surface area contributed by atoms with Crippen LogP contribution in [0.5, 0.6) is 0 Å². The largest absolute Gasteiger partial charge is 0.478 e. The number of para-hydroxylation sites is 1. The quantitative estimate of drug-likeness (QED) is 0.857. The summed E-state index contributed by atoms with van der Waals surface area (Å²) in [5.41, 5.74) is 3.14. The number of benzene rings is 2. The van der Waals surface area contributed by atoms with E-state index in [1.54, 1.807) is 25.1 Å². The normalized spacial score (nSPS) is 13.5. The van der Waals surface area contributed by atoms with Gasteiger partial charge in [0.1, 0.15) is 0 Å². The molecule has 0 aliphatic carbocycles.